The number of carbonyl (C=O) groups is 1. The lowest BCUT2D eigenvalue weighted by Crippen LogP contribution is -2.50. The number of nitrogens with two attached hydrogens (primary N) is 1. The van der Waals surface area contributed by atoms with Crippen molar-refractivity contribution >= 4 is 5.91 Å². The Hall–Kier alpha value is -0.650. The number of aliphatic hydroxyl groups excluding tert-OH is 1. The molecular weight excluding hydrogens is 206 g/mol. The van der Waals surface area contributed by atoms with Gasteiger partial charge in [-0.2, -0.15) is 0 Å². The topological polar surface area (TPSA) is 78.6 Å². The molecule has 1 aliphatic rings. The number of hydrogen-bond donors (Lipinski definition) is 3. The Morgan fingerprint density at radius 1 is 1.62 bits per heavy atom. The number of hydrazine groups is 1. The first kappa shape index (κ1) is 13.4. The van der Waals surface area contributed by atoms with E-state index in [2.05, 4.69) is 12.3 Å². The lowest BCUT2D eigenvalue weighted by atomic mass is 9.82. The van der Waals surface area contributed by atoms with Crippen molar-refractivity contribution in [2.24, 2.45) is 11.8 Å². The van der Waals surface area contributed by atoms with Crippen LogP contribution in [0.25, 0.3) is 0 Å². The van der Waals surface area contributed by atoms with E-state index in [9.17, 15) is 9.90 Å². The van der Waals surface area contributed by atoms with E-state index in [1.54, 1.807) is 0 Å². The van der Waals surface area contributed by atoms with E-state index in [0.29, 0.717) is 5.92 Å². The third-order valence-electron chi connectivity index (χ3n) is 3.30. The Bertz CT molecular complexity index is 229. The molecule has 1 unspecified atom stereocenters. The van der Waals surface area contributed by atoms with Gasteiger partial charge in [0.2, 0.25) is 0 Å². The van der Waals surface area contributed by atoms with Crippen LogP contribution in [0, 0.1) is 5.92 Å². The molecule has 0 spiro atoms. The number of likely N-dealkylation sites (N-methyl/N-ethyl adjacent to an activating group) is 1. The van der Waals surface area contributed by atoms with Crippen LogP contribution in [-0.4, -0.2) is 41.7 Å². The predicted molar refractivity (Wildman–Crippen MR) is 62.4 cm³/mol. The molecule has 16 heavy (non-hydrogen) atoms. The summed E-state index contributed by atoms with van der Waals surface area (Å²) in [6.45, 7) is 2.91. The van der Waals surface area contributed by atoms with Crippen LogP contribution in [0.4, 0.5) is 0 Å². The summed E-state index contributed by atoms with van der Waals surface area (Å²) in [5.74, 6) is 5.57. The molecule has 4 N–H and O–H groups in total. The minimum atomic E-state index is -0.146. The Balaban J connectivity index is 2.40. The van der Waals surface area contributed by atoms with Crippen molar-refractivity contribution < 1.29 is 9.90 Å². The first-order valence-electron chi connectivity index (χ1n) is 5.97. The third kappa shape index (κ3) is 3.43. The van der Waals surface area contributed by atoms with Gasteiger partial charge in [-0.25, -0.2) is 5.84 Å². The molecule has 1 atom stereocenters. The van der Waals surface area contributed by atoms with Crippen molar-refractivity contribution in [3.63, 3.8) is 0 Å². The highest BCUT2D eigenvalue weighted by Gasteiger charge is 2.31. The maximum Gasteiger partial charge on any atom is 0.251 e. The SMILES string of the molecule is CCCC(C(=O)NN)N(C)CC1CC(O)C1. The fourth-order valence-electron chi connectivity index (χ4n) is 2.31. The average Bonchev–Trinajstić information content (AvgIpc) is 2.22. The van der Waals surface area contributed by atoms with Crippen molar-refractivity contribution in [1.82, 2.24) is 10.3 Å². The van der Waals surface area contributed by atoms with Gasteiger partial charge in [0.1, 0.15) is 0 Å². The smallest absolute Gasteiger partial charge is 0.251 e. The van der Waals surface area contributed by atoms with Crippen LogP contribution in [0.5, 0.6) is 0 Å². The molecule has 0 bridgehead atoms. The van der Waals surface area contributed by atoms with Crippen LogP contribution in [0.3, 0.4) is 0 Å². The molecule has 1 fully saturated rings. The number of nitrogens with one attached hydrogen (secondary N) is 1. The summed E-state index contributed by atoms with van der Waals surface area (Å²) in [4.78, 5) is 13.6. The van der Waals surface area contributed by atoms with E-state index in [1.165, 1.54) is 0 Å². The van der Waals surface area contributed by atoms with Crippen LogP contribution in [0.1, 0.15) is 32.6 Å². The lowest BCUT2D eigenvalue weighted by Gasteiger charge is -2.36. The number of hydrogen-bond acceptors (Lipinski definition) is 4. The molecule has 0 aromatic heterocycles. The van der Waals surface area contributed by atoms with Gasteiger partial charge in [0, 0.05) is 6.54 Å². The van der Waals surface area contributed by atoms with Gasteiger partial charge in [-0.3, -0.25) is 15.1 Å². The number of aliphatic hydroxyl groups is 1. The zero-order chi connectivity index (χ0) is 12.1. The van der Waals surface area contributed by atoms with Crippen molar-refractivity contribution in [3.8, 4) is 0 Å². The highest BCUT2D eigenvalue weighted by atomic mass is 16.3. The number of rotatable bonds is 6. The summed E-state index contributed by atoms with van der Waals surface area (Å²) in [5, 5.41) is 9.21. The molecule has 0 heterocycles. The summed E-state index contributed by atoms with van der Waals surface area (Å²) in [6, 6.07) is -0.146. The predicted octanol–water partition coefficient (Wildman–Crippen LogP) is -0.152. The molecule has 1 aliphatic carbocycles. The molecule has 0 saturated heterocycles. The third-order valence-corrected chi connectivity index (χ3v) is 3.30. The minimum Gasteiger partial charge on any atom is -0.393 e. The standard InChI is InChI=1S/C11H23N3O2/c1-3-4-10(11(16)13-12)14(2)7-8-5-9(15)6-8/h8-10,15H,3-7,12H2,1-2H3,(H,13,16). The average molecular weight is 229 g/mol. The normalized spacial score (nSPS) is 26.3. The number of amides is 1. The molecule has 0 aliphatic heterocycles. The maximum atomic E-state index is 11.6. The van der Waals surface area contributed by atoms with Gasteiger partial charge >= 0.3 is 0 Å². The Morgan fingerprint density at radius 3 is 2.69 bits per heavy atom. The summed E-state index contributed by atoms with van der Waals surface area (Å²) in [7, 11) is 1.94. The van der Waals surface area contributed by atoms with Gasteiger partial charge in [0.05, 0.1) is 12.1 Å². The maximum absolute atomic E-state index is 11.6. The molecular formula is C11H23N3O2. The van der Waals surface area contributed by atoms with E-state index in [1.807, 2.05) is 11.9 Å². The van der Waals surface area contributed by atoms with Gasteiger partial charge < -0.3 is 5.11 Å². The summed E-state index contributed by atoms with van der Waals surface area (Å²) in [6.07, 6.45) is 3.34. The van der Waals surface area contributed by atoms with Crippen molar-refractivity contribution in [2.75, 3.05) is 13.6 Å². The zero-order valence-electron chi connectivity index (χ0n) is 10.1. The second-order valence-electron chi connectivity index (χ2n) is 4.74. The molecule has 5 heteroatoms. The summed E-state index contributed by atoms with van der Waals surface area (Å²) in [5.41, 5.74) is 2.22. The first-order valence-corrected chi connectivity index (χ1v) is 5.97. The van der Waals surface area contributed by atoms with Gasteiger partial charge in [0.15, 0.2) is 0 Å². The van der Waals surface area contributed by atoms with E-state index in [0.717, 1.165) is 32.2 Å². The second kappa shape index (κ2) is 6.18. The van der Waals surface area contributed by atoms with Crippen LogP contribution in [0.2, 0.25) is 0 Å². The highest BCUT2D eigenvalue weighted by molar-refractivity contribution is 5.81. The fourth-order valence-corrected chi connectivity index (χ4v) is 2.31. The molecule has 1 amide bonds. The van der Waals surface area contributed by atoms with E-state index < -0.39 is 0 Å². The zero-order valence-corrected chi connectivity index (χ0v) is 10.1. The molecule has 1 rings (SSSR count). The van der Waals surface area contributed by atoms with E-state index >= 15 is 0 Å². The van der Waals surface area contributed by atoms with Gasteiger partial charge in [-0.1, -0.05) is 13.3 Å². The van der Waals surface area contributed by atoms with Crippen molar-refractivity contribution in [2.45, 2.75) is 44.8 Å². The fraction of sp³-hybridized carbons (Fsp3) is 0.909. The largest absolute Gasteiger partial charge is 0.393 e. The van der Waals surface area contributed by atoms with Crippen molar-refractivity contribution in [3.05, 3.63) is 0 Å². The van der Waals surface area contributed by atoms with E-state index in [-0.39, 0.29) is 18.1 Å². The Labute approximate surface area is 97.0 Å². The summed E-state index contributed by atoms with van der Waals surface area (Å²) < 4.78 is 0. The Morgan fingerprint density at radius 2 is 2.25 bits per heavy atom. The second-order valence-corrected chi connectivity index (χ2v) is 4.74. The summed E-state index contributed by atoms with van der Waals surface area (Å²) >= 11 is 0. The highest BCUT2D eigenvalue weighted by Crippen LogP contribution is 2.28. The monoisotopic (exact) mass is 229 g/mol. The molecule has 0 radical (unpaired) electrons. The molecule has 94 valence electrons. The first-order chi connectivity index (χ1) is 7.58. The lowest BCUT2D eigenvalue weighted by molar-refractivity contribution is -0.126. The van der Waals surface area contributed by atoms with Crippen molar-refractivity contribution in [1.29, 1.82) is 0 Å². The molecule has 5 nitrogen and oxygen atoms in total. The van der Waals surface area contributed by atoms with Gasteiger partial charge in [0.25, 0.3) is 5.91 Å². The Kier molecular flexibility index (Phi) is 5.18. The molecule has 0 aromatic carbocycles. The van der Waals surface area contributed by atoms with Crippen LogP contribution in [-0.2, 0) is 4.79 Å². The molecule has 0 aromatic rings. The number of nitrogens with zero attached hydrogens (tertiary/aromatic N) is 1. The van der Waals surface area contributed by atoms with Gasteiger partial charge in [-0.15, -0.1) is 0 Å². The quantitative estimate of drug-likeness (QED) is 0.336. The number of carbonyl (C=O) groups excluding carboxylic acids is 1. The van der Waals surface area contributed by atoms with Crippen LogP contribution >= 0.6 is 0 Å². The van der Waals surface area contributed by atoms with Crippen LogP contribution < -0.4 is 11.3 Å². The minimum absolute atomic E-state index is 0.121. The van der Waals surface area contributed by atoms with E-state index in [4.69, 9.17) is 5.84 Å². The van der Waals surface area contributed by atoms with Crippen LogP contribution in [0.15, 0.2) is 0 Å². The van der Waals surface area contributed by atoms with Gasteiger partial charge in [-0.05, 0) is 32.2 Å². The molecule has 1 saturated carbocycles.